The number of fused-ring (bicyclic) bond motifs is 1. The molecule has 0 radical (unpaired) electrons. The molecule has 2 aromatic rings. The van der Waals surface area contributed by atoms with Gasteiger partial charge in [-0.3, -0.25) is 0 Å². The summed E-state index contributed by atoms with van der Waals surface area (Å²) in [6.07, 6.45) is 5.90. The lowest BCUT2D eigenvalue weighted by atomic mass is 9.77. The molecule has 1 nitrogen and oxygen atoms in total. The van der Waals surface area contributed by atoms with Crippen LogP contribution in [0.15, 0.2) is 54.6 Å². The molecule has 0 aromatic heterocycles. The lowest BCUT2D eigenvalue weighted by Crippen LogP contribution is -2.31. The van der Waals surface area contributed by atoms with Crippen molar-refractivity contribution in [1.29, 1.82) is 0 Å². The predicted octanol–water partition coefficient (Wildman–Crippen LogP) is 4.07. The van der Waals surface area contributed by atoms with Crippen molar-refractivity contribution in [2.24, 2.45) is 5.73 Å². The van der Waals surface area contributed by atoms with Gasteiger partial charge in [0.25, 0.3) is 0 Å². The smallest absolute Gasteiger partial charge is 0.0111 e. The van der Waals surface area contributed by atoms with Gasteiger partial charge in [0.1, 0.15) is 0 Å². The fraction of sp³-hybridized carbons (Fsp3) is 0.368. The molecule has 2 aromatic carbocycles. The van der Waals surface area contributed by atoms with Crippen LogP contribution in [-0.2, 0) is 12.8 Å². The zero-order chi connectivity index (χ0) is 13.8. The van der Waals surface area contributed by atoms with Gasteiger partial charge in [-0.05, 0) is 54.7 Å². The average Bonchev–Trinajstić information content (AvgIpc) is 2.53. The number of aryl methyl sites for hydroxylation is 2. The van der Waals surface area contributed by atoms with Crippen molar-refractivity contribution in [2.75, 3.05) is 0 Å². The molecule has 20 heavy (non-hydrogen) atoms. The summed E-state index contributed by atoms with van der Waals surface area (Å²) in [6, 6.07) is 19.8. The lowest BCUT2D eigenvalue weighted by Gasteiger charge is -2.30. The van der Waals surface area contributed by atoms with Gasteiger partial charge in [-0.25, -0.2) is 0 Å². The van der Waals surface area contributed by atoms with Gasteiger partial charge < -0.3 is 5.73 Å². The molecule has 3 rings (SSSR count). The van der Waals surface area contributed by atoms with Crippen LogP contribution in [0.25, 0.3) is 0 Å². The van der Waals surface area contributed by atoms with Gasteiger partial charge >= 0.3 is 0 Å². The molecule has 1 heteroatoms. The van der Waals surface area contributed by atoms with E-state index in [-0.39, 0.29) is 6.04 Å². The second kappa shape index (κ2) is 6.23. The van der Waals surface area contributed by atoms with Crippen molar-refractivity contribution in [3.8, 4) is 0 Å². The Morgan fingerprint density at radius 3 is 2.60 bits per heavy atom. The van der Waals surface area contributed by atoms with Crippen molar-refractivity contribution < 1.29 is 0 Å². The molecule has 0 bridgehead atoms. The maximum Gasteiger partial charge on any atom is 0.0111 e. The molecule has 2 unspecified atom stereocenters. The standard InChI is InChI=1S/C19H23N/c20-19(14-13-15-7-2-1-3-8-15)18-12-6-10-16-9-4-5-11-17(16)18/h1-5,7-9,11,18-19H,6,10,12-14,20H2. The van der Waals surface area contributed by atoms with E-state index in [1.54, 1.807) is 0 Å². The maximum absolute atomic E-state index is 6.51. The van der Waals surface area contributed by atoms with Gasteiger partial charge in [0.2, 0.25) is 0 Å². The van der Waals surface area contributed by atoms with E-state index in [9.17, 15) is 0 Å². The van der Waals surface area contributed by atoms with Gasteiger partial charge in [0.15, 0.2) is 0 Å². The van der Waals surface area contributed by atoms with Gasteiger partial charge in [-0.1, -0.05) is 54.6 Å². The molecule has 2 atom stereocenters. The van der Waals surface area contributed by atoms with Crippen LogP contribution in [0, 0.1) is 0 Å². The highest BCUT2D eigenvalue weighted by Crippen LogP contribution is 2.34. The minimum atomic E-state index is 0.275. The first kappa shape index (κ1) is 13.4. The first-order valence-electron chi connectivity index (χ1n) is 7.72. The predicted molar refractivity (Wildman–Crippen MR) is 84.9 cm³/mol. The molecule has 0 fully saturated rings. The van der Waals surface area contributed by atoms with Crippen LogP contribution in [-0.4, -0.2) is 6.04 Å². The van der Waals surface area contributed by atoms with E-state index in [2.05, 4.69) is 54.6 Å². The topological polar surface area (TPSA) is 26.0 Å². The summed E-state index contributed by atoms with van der Waals surface area (Å²) >= 11 is 0. The monoisotopic (exact) mass is 265 g/mol. The summed E-state index contributed by atoms with van der Waals surface area (Å²) < 4.78 is 0. The lowest BCUT2D eigenvalue weighted by molar-refractivity contribution is 0.442. The van der Waals surface area contributed by atoms with Crippen molar-refractivity contribution in [3.05, 3.63) is 71.3 Å². The largest absolute Gasteiger partial charge is 0.327 e. The van der Waals surface area contributed by atoms with Crippen molar-refractivity contribution >= 4 is 0 Å². The second-order valence-electron chi connectivity index (χ2n) is 5.89. The first-order valence-corrected chi connectivity index (χ1v) is 7.72. The third-order valence-corrected chi connectivity index (χ3v) is 4.54. The van der Waals surface area contributed by atoms with Gasteiger partial charge in [0, 0.05) is 6.04 Å². The van der Waals surface area contributed by atoms with Crippen LogP contribution < -0.4 is 5.73 Å². The Balaban J connectivity index is 1.67. The molecule has 1 aliphatic rings. The summed E-state index contributed by atoms with van der Waals surface area (Å²) in [5.41, 5.74) is 10.9. The van der Waals surface area contributed by atoms with E-state index in [4.69, 9.17) is 5.73 Å². The molecular weight excluding hydrogens is 242 g/mol. The number of hydrogen-bond acceptors (Lipinski definition) is 1. The number of benzene rings is 2. The minimum Gasteiger partial charge on any atom is -0.327 e. The fourth-order valence-corrected chi connectivity index (χ4v) is 3.42. The highest BCUT2D eigenvalue weighted by atomic mass is 14.7. The molecule has 0 heterocycles. The Hall–Kier alpha value is -1.60. The summed E-state index contributed by atoms with van der Waals surface area (Å²) in [7, 11) is 0. The number of nitrogens with two attached hydrogens (primary N) is 1. The van der Waals surface area contributed by atoms with Crippen LogP contribution in [0.2, 0.25) is 0 Å². The van der Waals surface area contributed by atoms with Crippen molar-refractivity contribution in [2.45, 2.75) is 44.1 Å². The molecule has 0 saturated carbocycles. The van der Waals surface area contributed by atoms with E-state index in [0.29, 0.717) is 5.92 Å². The fourth-order valence-electron chi connectivity index (χ4n) is 3.42. The maximum atomic E-state index is 6.51. The van der Waals surface area contributed by atoms with Crippen LogP contribution in [0.1, 0.15) is 41.9 Å². The molecule has 0 spiro atoms. The summed E-state index contributed by atoms with van der Waals surface area (Å²) in [6.45, 7) is 0. The van der Waals surface area contributed by atoms with E-state index in [0.717, 1.165) is 12.8 Å². The van der Waals surface area contributed by atoms with Crippen LogP contribution in [0.3, 0.4) is 0 Å². The summed E-state index contributed by atoms with van der Waals surface area (Å²) in [5.74, 6) is 0.545. The Morgan fingerprint density at radius 2 is 1.75 bits per heavy atom. The summed E-state index contributed by atoms with van der Waals surface area (Å²) in [4.78, 5) is 0. The quantitative estimate of drug-likeness (QED) is 0.886. The number of rotatable bonds is 4. The van der Waals surface area contributed by atoms with E-state index in [1.165, 1.54) is 36.0 Å². The number of hydrogen-bond donors (Lipinski definition) is 1. The zero-order valence-corrected chi connectivity index (χ0v) is 12.0. The molecule has 0 amide bonds. The van der Waals surface area contributed by atoms with Crippen molar-refractivity contribution in [1.82, 2.24) is 0 Å². The molecule has 0 saturated heterocycles. The Labute approximate surface area is 121 Å². The average molecular weight is 265 g/mol. The van der Waals surface area contributed by atoms with E-state index < -0.39 is 0 Å². The third-order valence-electron chi connectivity index (χ3n) is 4.54. The highest BCUT2D eigenvalue weighted by molar-refractivity contribution is 5.33. The van der Waals surface area contributed by atoms with Gasteiger partial charge in [0.05, 0.1) is 0 Å². The highest BCUT2D eigenvalue weighted by Gasteiger charge is 2.24. The molecular formula is C19H23N. The SMILES string of the molecule is NC(CCc1ccccc1)C1CCCc2ccccc21. The Bertz CT molecular complexity index is 547. The third kappa shape index (κ3) is 2.94. The zero-order valence-electron chi connectivity index (χ0n) is 12.0. The second-order valence-corrected chi connectivity index (χ2v) is 5.89. The van der Waals surface area contributed by atoms with E-state index in [1.807, 2.05) is 0 Å². The Morgan fingerprint density at radius 1 is 1.00 bits per heavy atom. The summed E-state index contributed by atoms with van der Waals surface area (Å²) in [5, 5.41) is 0. The van der Waals surface area contributed by atoms with Crippen molar-refractivity contribution in [3.63, 3.8) is 0 Å². The van der Waals surface area contributed by atoms with Gasteiger partial charge in [-0.15, -0.1) is 0 Å². The molecule has 2 N–H and O–H groups in total. The molecule has 104 valence electrons. The van der Waals surface area contributed by atoms with Crippen LogP contribution in [0.4, 0.5) is 0 Å². The van der Waals surface area contributed by atoms with E-state index >= 15 is 0 Å². The molecule has 1 aliphatic carbocycles. The normalized spacial score (nSPS) is 19.4. The minimum absolute atomic E-state index is 0.275. The first-order chi connectivity index (χ1) is 9.84. The molecule has 0 aliphatic heterocycles. The van der Waals surface area contributed by atoms with Crippen LogP contribution >= 0.6 is 0 Å². The van der Waals surface area contributed by atoms with Crippen LogP contribution in [0.5, 0.6) is 0 Å². The Kier molecular flexibility index (Phi) is 4.17. The van der Waals surface area contributed by atoms with Gasteiger partial charge in [-0.2, -0.15) is 0 Å².